The number of rotatable bonds is 4. The summed E-state index contributed by atoms with van der Waals surface area (Å²) in [6, 6.07) is 18.7. The van der Waals surface area contributed by atoms with Crippen molar-refractivity contribution in [2.75, 3.05) is 5.32 Å². The minimum Gasteiger partial charge on any atom is -0.325 e. The normalized spacial score (nSPS) is 12.8. The molecule has 0 aliphatic rings. The van der Waals surface area contributed by atoms with Crippen LogP contribution in [-0.4, -0.2) is 11.2 Å². The highest BCUT2D eigenvalue weighted by Gasteiger charge is 2.33. The molecule has 0 saturated heterocycles. The van der Waals surface area contributed by atoms with Crippen LogP contribution >= 0.6 is 11.8 Å². The Morgan fingerprint density at radius 3 is 2.35 bits per heavy atom. The minimum absolute atomic E-state index is 0.226. The van der Waals surface area contributed by atoms with Crippen LogP contribution in [0, 0.1) is 0 Å². The van der Waals surface area contributed by atoms with Crippen molar-refractivity contribution in [2.45, 2.75) is 23.2 Å². The van der Waals surface area contributed by atoms with E-state index < -0.39 is 22.9 Å². The summed E-state index contributed by atoms with van der Waals surface area (Å²) in [4.78, 5) is 13.2. The van der Waals surface area contributed by atoms with Gasteiger partial charge in [0.25, 0.3) is 0 Å². The Morgan fingerprint density at radius 1 is 0.962 bits per heavy atom. The maximum Gasteiger partial charge on any atom is 0.418 e. The van der Waals surface area contributed by atoms with E-state index in [-0.39, 0.29) is 5.69 Å². The van der Waals surface area contributed by atoms with Gasteiger partial charge in [0.05, 0.1) is 16.5 Å². The first-order valence-electron chi connectivity index (χ1n) is 7.97. The Morgan fingerprint density at radius 2 is 1.62 bits per heavy atom. The van der Waals surface area contributed by atoms with Gasteiger partial charge in [-0.3, -0.25) is 4.79 Å². The van der Waals surface area contributed by atoms with E-state index in [1.807, 2.05) is 42.5 Å². The maximum absolute atomic E-state index is 13.0. The molecule has 0 aromatic heterocycles. The molecule has 3 aromatic carbocycles. The first kappa shape index (κ1) is 18.3. The lowest BCUT2D eigenvalue weighted by Crippen LogP contribution is -2.24. The fraction of sp³-hybridized carbons (Fsp3) is 0.150. The van der Waals surface area contributed by atoms with Crippen molar-refractivity contribution < 1.29 is 18.0 Å². The van der Waals surface area contributed by atoms with E-state index in [1.165, 1.54) is 30.0 Å². The number of alkyl halides is 3. The number of halogens is 3. The van der Waals surface area contributed by atoms with Crippen LogP contribution in [0.5, 0.6) is 0 Å². The third-order valence-corrected chi connectivity index (χ3v) is 4.99. The average Bonchev–Trinajstić information content (AvgIpc) is 2.61. The molecule has 0 saturated carbocycles. The molecule has 134 valence electrons. The topological polar surface area (TPSA) is 29.1 Å². The summed E-state index contributed by atoms with van der Waals surface area (Å²) in [5.74, 6) is -0.472. The van der Waals surface area contributed by atoms with Crippen LogP contribution in [0.4, 0.5) is 18.9 Å². The van der Waals surface area contributed by atoms with Crippen LogP contribution in [-0.2, 0) is 11.0 Å². The largest absolute Gasteiger partial charge is 0.418 e. The van der Waals surface area contributed by atoms with Crippen LogP contribution in [0.25, 0.3) is 10.8 Å². The zero-order valence-corrected chi connectivity index (χ0v) is 14.7. The van der Waals surface area contributed by atoms with Gasteiger partial charge in [0.2, 0.25) is 5.91 Å². The molecular weight excluding hydrogens is 359 g/mol. The number of fused-ring (bicyclic) bond motifs is 1. The second-order valence-corrected chi connectivity index (χ2v) is 7.22. The number of benzene rings is 3. The number of nitrogens with one attached hydrogen (secondary N) is 1. The van der Waals surface area contributed by atoms with Crippen molar-refractivity contribution in [2.24, 2.45) is 0 Å². The van der Waals surface area contributed by atoms with Gasteiger partial charge in [0.15, 0.2) is 0 Å². The zero-order chi connectivity index (χ0) is 18.7. The summed E-state index contributed by atoms with van der Waals surface area (Å²) >= 11 is 1.31. The van der Waals surface area contributed by atoms with Crippen LogP contribution < -0.4 is 5.32 Å². The van der Waals surface area contributed by atoms with Gasteiger partial charge in [-0.2, -0.15) is 13.2 Å². The molecule has 6 heteroatoms. The molecule has 0 radical (unpaired) electrons. The summed E-state index contributed by atoms with van der Waals surface area (Å²) in [6.45, 7) is 1.67. The molecule has 0 aliphatic heterocycles. The number of anilines is 1. The summed E-state index contributed by atoms with van der Waals surface area (Å²) < 4.78 is 39.1. The summed E-state index contributed by atoms with van der Waals surface area (Å²) in [5, 5.41) is 3.99. The molecule has 0 bridgehead atoms. The van der Waals surface area contributed by atoms with E-state index in [2.05, 4.69) is 5.32 Å². The lowest BCUT2D eigenvalue weighted by atomic mass is 10.1. The fourth-order valence-electron chi connectivity index (χ4n) is 2.57. The van der Waals surface area contributed by atoms with Crippen molar-refractivity contribution in [3.63, 3.8) is 0 Å². The van der Waals surface area contributed by atoms with E-state index in [1.54, 1.807) is 6.92 Å². The van der Waals surface area contributed by atoms with Crippen molar-refractivity contribution in [1.82, 2.24) is 0 Å². The maximum atomic E-state index is 13.0. The number of amides is 1. The van der Waals surface area contributed by atoms with Gasteiger partial charge < -0.3 is 5.32 Å². The SMILES string of the molecule is C[C@@H](Sc1ccc2ccccc2c1)C(=O)Nc1ccccc1C(F)(F)F. The number of hydrogen-bond donors (Lipinski definition) is 1. The van der Waals surface area contributed by atoms with E-state index in [4.69, 9.17) is 0 Å². The van der Waals surface area contributed by atoms with Crippen molar-refractivity contribution in [3.05, 3.63) is 72.3 Å². The molecular formula is C20H16F3NOS. The van der Waals surface area contributed by atoms with Gasteiger partial charge in [-0.1, -0.05) is 42.5 Å². The Bertz CT molecular complexity index is 939. The Labute approximate surface area is 153 Å². The van der Waals surface area contributed by atoms with Crippen LogP contribution in [0.1, 0.15) is 12.5 Å². The molecule has 3 rings (SSSR count). The van der Waals surface area contributed by atoms with Crippen molar-refractivity contribution >= 4 is 34.1 Å². The number of carbonyl (C=O) groups excluding carboxylic acids is 1. The standard InChI is InChI=1S/C20H16F3NOS/c1-13(26-16-11-10-14-6-2-3-7-15(14)12-16)19(25)24-18-9-5-4-8-17(18)20(21,22)23/h2-13H,1H3,(H,24,25)/t13-/m1/s1. The van der Waals surface area contributed by atoms with E-state index in [0.717, 1.165) is 21.7 Å². The third kappa shape index (κ3) is 4.19. The molecule has 1 N–H and O–H groups in total. The highest BCUT2D eigenvalue weighted by Crippen LogP contribution is 2.35. The molecule has 0 fully saturated rings. The second-order valence-electron chi connectivity index (χ2n) is 5.80. The van der Waals surface area contributed by atoms with Gasteiger partial charge >= 0.3 is 6.18 Å². The van der Waals surface area contributed by atoms with Gasteiger partial charge in [0, 0.05) is 4.90 Å². The van der Waals surface area contributed by atoms with Gasteiger partial charge in [0.1, 0.15) is 0 Å². The first-order chi connectivity index (χ1) is 12.3. The highest BCUT2D eigenvalue weighted by molar-refractivity contribution is 8.00. The van der Waals surface area contributed by atoms with E-state index in [0.29, 0.717) is 0 Å². The molecule has 3 aromatic rings. The van der Waals surface area contributed by atoms with Crippen LogP contribution in [0.15, 0.2) is 71.6 Å². The molecule has 1 atom stereocenters. The van der Waals surface area contributed by atoms with Gasteiger partial charge in [-0.05, 0) is 42.0 Å². The monoisotopic (exact) mass is 375 g/mol. The molecule has 2 nitrogen and oxygen atoms in total. The molecule has 26 heavy (non-hydrogen) atoms. The predicted molar refractivity (Wildman–Crippen MR) is 99.3 cm³/mol. The molecule has 0 heterocycles. The van der Waals surface area contributed by atoms with Gasteiger partial charge in [-0.15, -0.1) is 11.8 Å². The Hall–Kier alpha value is -2.47. The average molecular weight is 375 g/mol. The number of carbonyl (C=O) groups is 1. The molecule has 0 spiro atoms. The smallest absolute Gasteiger partial charge is 0.325 e. The predicted octanol–water partition coefficient (Wildman–Crippen LogP) is 5.98. The number of thioether (sulfide) groups is 1. The van der Waals surface area contributed by atoms with Crippen molar-refractivity contribution in [3.8, 4) is 0 Å². The number of para-hydroxylation sites is 1. The third-order valence-electron chi connectivity index (χ3n) is 3.89. The molecule has 1 amide bonds. The summed E-state index contributed by atoms with van der Waals surface area (Å²) in [7, 11) is 0. The van der Waals surface area contributed by atoms with Crippen molar-refractivity contribution in [1.29, 1.82) is 0 Å². The van der Waals surface area contributed by atoms with Gasteiger partial charge in [-0.25, -0.2) is 0 Å². The zero-order valence-electron chi connectivity index (χ0n) is 13.9. The number of hydrogen-bond acceptors (Lipinski definition) is 2. The highest BCUT2D eigenvalue weighted by atomic mass is 32.2. The quantitative estimate of drug-likeness (QED) is 0.569. The van der Waals surface area contributed by atoms with E-state index >= 15 is 0 Å². The minimum atomic E-state index is -4.52. The fourth-order valence-corrected chi connectivity index (χ4v) is 3.49. The lowest BCUT2D eigenvalue weighted by Gasteiger charge is -2.16. The van der Waals surface area contributed by atoms with Crippen LogP contribution in [0.2, 0.25) is 0 Å². The molecule has 0 unspecified atom stereocenters. The molecule has 0 aliphatic carbocycles. The summed E-state index contributed by atoms with van der Waals surface area (Å²) in [6.07, 6.45) is -4.52. The lowest BCUT2D eigenvalue weighted by molar-refractivity contribution is -0.137. The Kier molecular flexibility index (Phi) is 5.23. The summed E-state index contributed by atoms with van der Waals surface area (Å²) in [5.41, 5.74) is -1.08. The second kappa shape index (κ2) is 7.41. The first-order valence-corrected chi connectivity index (χ1v) is 8.85. The van der Waals surface area contributed by atoms with E-state index in [9.17, 15) is 18.0 Å². The Balaban J connectivity index is 1.74. The van der Waals surface area contributed by atoms with Crippen LogP contribution in [0.3, 0.4) is 0 Å².